The molecule has 0 radical (unpaired) electrons. The molecule has 1 fully saturated rings. The third-order valence-corrected chi connectivity index (χ3v) is 2.59. The van der Waals surface area contributed by atoms with E-state index < -0.39 is 0 Å². The first kappa shape index (κ1) is 11.5. The number of β-amino-alcohol motifs (C(OH)–C–C–N with tert-alkyl or cyclic N) is 1. The van der Waals surface area contributed by atoms with Crippen molar-refractivity contribution in [3.05, 3.63) is 0 Å². The van der Waals surface area contributed by atoms with E-state index in [1.165, 1.54) is 0 Å². The highest BCUT2D eigenvalue weighted by molar-refractivity contribution is 5.78. The maximum absolute atomic E-state index is 11.2. The zero-order valence-corrected chi connectivity index (χ0v) is 9.16. The molecular formula is C10H20N2O2. The van der Waals surface area contributed by atoms with Crippen molar-refractivity contribution in [1.82, 2.24) is 10.2 Å². The van der Waals surface area contributed by atoms with Crippen LogP contribution in [-0.4, -0.2) is 47.7 Å². The summed E-state index contributed by atoms with van der Waals surface area (Å²) in [5.41, 5.74) is 0. The highest BCUT2D eigenvalue weighted by Crippen LogP contribution is 2.13. The number of rotatable bonds is 3. The SMILES string of the molecule is CC(O)CN1CC(=O)NCC1C(C)C. The molecule has 4 nitrogen and oxygen atoms in total. The molecule has 2 unspecified atom stereocenters. The van der Waals surface area contributed by atoms with Gasteiger partial charge in [-0.15, -0.1) is 0 Å². The number of aliphatic hydroxyl groups excluding tert-OH is 1. The van der Waals surface area contributed by atoms with E-state index in [2.05, 4.69) is 24.1 Å². The number of carbonyl (C=O) groups excluding carboxylic acids is 1. The molecule has 0 aromatic rings. The predicted octanol–water partition coefficient (Wildman–Crippen LogP) is -0.176. The van der Waals surface area contributed by atoms with Crippen molar-refractivity contribution in [2.45, 2.75) is 32.9 Å². The predicted molar refractivity (Wildman–Crippen MR) is 54.9 cm³/mol. The number of carbonyl (C=O) groups is 1. The molecule has 0 spiro atoms. The highest BCUT2D eigenvalue weighted by Gasteiger charge is 2.28. The molecule has 1 aliphatic rings. The van der Waals surface area contributed by atoms with E-state index >= 15 is 0 Å². The Morgan fingerprint density at radius 1 is 1.57 bits per heavy atom. The van der Waals surface area contributed by atoms with E-state index in [0.29, 0.717) is 31.6 Å². The Morgan fingerprint density at radius 2 is 2.21 bits per heavy atom. The van der Waals surface area contributed by atoms with Gasteiger partial charge in [-0.3, -0.25) is 9.69 Å². The Kier molecular flexibility index (Phi) is 3.89. The fourth-order valence-electron chi connectivity index (χ4n) is 1.90. The monoisotopic (exact) mass is 200 g/mol. The van der Waals surface area contributed by atoms with Gasteiger partial charge in [-0.25, -0.2) is 0 Å². The van der Waals surface area contributed by atoms with Gasteiger partial charge in [0.25, 0.3) is 0 Å². The molecular weight excluding hydrogens is 180 g/mol. The van der Waals surface area contributed by atoms with Gasteiger partial charge in [0.1, 0.15) is 0 Å². The lowest BCUT2D eigenvalue weighted by Crippen LogP contribution is -2.57. The van der Waals surface area contributed by atoms with Crippen LogP contribution in [0.15, 0.2) is 0 Å². The van der Waals surface area contributed by atoms with Crippen molar-refractivity contribution in [2.75, 3.05) is 19.6 Å². The third kappa shape index (κ3) is 2.96. The summed E-state index contributed by atoms with van der Waals surface area (Å²) < 4.78 is 0. The lowest BCUT2D eigenvalue weighted by molar-refractivity contribution is -0.126. The number of nitrogens with zero attached hydrogens (tertiary/aromatic N) is 1. The standard InChI is InChI=1S/C10H20N2O2/c1-7(2)9-4-11-10(14)6-12(9)5-8(3)13/h7-9,13H,4-6H2,1-3H3,(H,11,14). The molecule has 2 atom stereocenters. The number of nitrogens with one attached hydrogen (secondary N) is 1. The molecule has 0 aliphatic carbocycles. The number of piperazine rings is 1. The average molecular weight is 200 g/mol. The molecule has 1 aliphatic heterocycles. The van der Waals surface area contributed by atoms with Crippen LogP contribution in [0.25, 0.3) is 0 Å². The summed E-state index contributed by atoms with van der Waals surface area (Å²) in [7, 11) is 0. The molecule has 1 rings (SSSR count). The van der Waals surface area contributed by atoms with Gasteiger partial charge in [-0.05, 0) is 12.8 Å². The van der Waals surface area contributed by atoms with Gasteiger partial charge in [0.05, 0.1) is 12.6 Å². The Labute approximate surface area is 85.3 Å². The zero-order chi connectivity index (χ0) is 10.7. The van der Waals surface area contributed by atoms with Gasteiger partial charge in [0.2, 0.25) is 5.91 Å². The summed E-state index contributed by atoms with van der Waals surface area (Å²) in [6.07, 6.45) is -0.373. The van der Waals surface area contributed by atoms with Crippen LogP contribution in [0.1, 0.15) is 20.8 Å². The summed E-state index contributed by atoms with van der Waals surface area (Å²) in [6, 6.07) is 0.349. The quantitative estimate of drug-likeness (QED) is 0.664. The maximum atomic E-state index is 11.2. The minimum Gasteiger partial charge on any atom is -0.392 e. The van der Waals surface area contributed by atoms with Crippen molar-refractivity contribution in [3.8, 4) is 0 Å². The van der Waals surface area contributed by atoms with Crippen LogP contribution in [-0.2, 0) is 4.79 Å². The van der Waals surface area contributed by atoms with Gasteiger partial charge in [-0.2, -0.15) is 0 Å². The molecule has 0 aromatic heterocycles. The van der Waals surface area contributed by atoms with Crippen molar-refractivity contribution in [2.24, 2.45) is 5.92 Å². The summed E-state index contributed by atoms with van der Waals surface area (Å²) in [4.78, 5) is 13.3. The van der Waals surface area contributed by atoms with E-state index in [9.17, 15) is 9.90 Å². The molecule has 0 bridgehead atoms. The Hall–Kier alpha value is -0.610. The number of hydrogen-bond acceptors (Lipinski definition) is 3. The van der Waals surface area contributed by atoms with Crippen LogP contribution in [0.4, 0.5) is 0 Å². The Balaban J connectivity index is 2.58. The van der Waals surface area contributed by atoms with Gasteiger partial charge in [0.15, 0.2) is 0 Å². The number of amides is 1. The van der Waals surface area contributed by atoms with Gasteiger partial charge >= 0.3 is 0 Å². The molecule has 0 aromatic carbocycles. The van der Waals surface area contributed by atoms with Crippen LogP contribution < -0.4 is 5.32 Å². The summed E-state index contributed by atoms with van der Waals surface area (Å²) in [5.74, 6) is 0.553. The first-order valence-electron chi connectivity index (χ1n) is 5.19. The second kappa shape index (κ2) is 4.75. The molecule has 4 heteroatoms. The molecule has 82 valence electrons. The second-order valence-corrected chi connectivity index (χ2v) is 4.39. The van der Waals surface area contributed by atoms with Crippen LogP contribution >= 0.6 is 0 Å². The van der Waals surface area contributed by atoms with Gasteiger partial charge in [-0.1, -0.05) is 13.8 Å². The first-order chi connectivity index (χ1) is 6.50. The number of hydrogen-bond donors (Lipinski definition) is 2. The van der Waals surface area contributed by atoms with Crippen LogP contribution in [0, 0.1) is 5.92 Å². The molecule has 14 heavy (non-hydrogen) atoms. The average Bonchev–Trinajstić information content (AvgIpc) is 2.01. The van der Waals surface area contributed by atoms with Crippen LogP contribution in [0.3, 0.4) is 0 Å². The van der Waals surface area contributed by atoms with Crippen LogP contribution in [0.2, 0.25) is 0 Å². The summed E-state index contributed by atoms with van der Waals surface area (Å²) in [6.45, 7) is 7.71. The zero-order valence-electron chi connectivity index (χ0n) is 9.16. The highest BCUT2D eigenvalue weighted by atomic mass is 16.3. The molecule has 1 amide bonds. The maximum Gasteiger partial charge on any atom is 0.234 e. The van der Waals surface area contributed by atoms with E-state index in [4.69, 9.17) is 0 Å². The fraction of sp³-hybridized carbons (Fsp3) is 0.900. The minimum atomic E-state index is -0.373. The van der Waals surface area contributed by atoms with Crippen molar-refractivity contribution >= 4 is 5.91 Å². The molecule has 0 saturated carbocycles. The largest absolute Gasteiger partial charge is 0.392 e. The van der Waals surface area contributed by atoms with E-state index in [-0.39, 0.29) is 12.0 Å². The molecule has 2 N–H and O–H groups in total. The van der Waals surface area contributed by atoms with Crippen molar-refractivity contribution in [3.63, 3.8) is 0 Å². The minimum absolute atomic E-state index is 0.0579. The van der Waals surface area contributed by atoms with Crippen LogP contribution in [0.5, 0.6) is 0 Å². The van der Waals surface area contributed by atoms with Gasteiger partial charge in [0, 0.05) is 19.1 Å². The van der Waals surface area contributed by atoms with Crippen molar-refractivity contribution in [1.29, 1.82) is 0 Å². The topological polar surface area (TPSA) is 52.6 Å². The normalized spacial score (nSPS) is 26.4. The fourth-order valence-corrected chi connectivity index (χ4v) is 1.90. The van der Waals surface area contributed by atoms with Crippen molar-refractivity contribution < 1.29 is 9.90 Å². The molecule has 1 heterocycles. The second-order valence-electron chi connectivity index (χ2n) is 4.39. The first-order valence-corrected chi connectivity index (χ1v) is 5.19. The third-order valence-electron chi connectivity index (χ3n) is 2.59. The summed E-state index contributed by atoms with van der Waals surface area (Å²) in [5, 5.41) is 12.2. The Morgan fingerprint density at radius 3 is 2.71 bits per heavy atom. The number of aliphatic hydroxyl groups is 1. The smallest absolute Gasteiger partial charge is 0.234 e. The lowest BCUT2D eigenvalue weighted by Gasteiger charge is -2.38. The van der Waals surface area contributed by atoms with E-state index in [0.717, 1.165) is 0 Å². The summed E-state index contributed by atoms with van der Waals surface area (Å²) >= 11 is 0. The van der Waals surface area contributed by atoms with Gasteiger partial charge < -0.3 is 10.4 Å². The molecule has 1 saturated heterocycles. The lowest BCUT2D eigenvalue weighted by atomic mass is 10.00. The van der Waals surface area contributed by atoms with E-state index in [1.807, 2.05) is 0 Å². The van der Waals surface area contributed by atoms with E-state index in [1.54, 1.807) is 6.92 Å². The Bertz CT molecular complexity index is 204.